The minimum Gasteiger partial charge on any atom is -0.481 e. The van der Waals surface area contributed by atoms with Gasteiger partial charge in [0.2, 0.25) is 17.6 Å². The van der Waals surface area contributed by atoms with E-state index in [1.165, 1.54) is 0 Å². The van der Waals surface area contributed by atoms with Crippen LogP contribution in [-0.4, -0.2) is 28.3 Å². The number of aromatic nitrogens is 3. The third-order valence-electron chi connectivity index (χ3n) is 2.17. The number of nitrogens with zero attached hydrogens (tertiary/aromatic N) is 3. The van der Waals surface area contributed by atoms with E-state index in [-0.39, 0.29) is 18.4 Å². The van der Waals surface area contributed by atoms with Gasteiger partial charge in [-0.3, -0.25) is 0 Å². The van der Waals surface area contributed by atoms with Crippen LogP contribution in [-0.2, 0) is 6.42 Å². The quantitative estimate of drug-likeness (QED) is 0.905. The van der Waals surface area contributed by atoms with Crippen molar-refractivity contribution in [2.45, 2.75) is 19.4 Å². The lowest BCUT2D eigenvalue weighted by molar-refractivity contribution is 0.372. The molecule has 1 unspecified atom stereocenters. The summed E-state index contributed by atoms with van der Waals surface area (Å²) in [7, 11) is 1.57. The van der Waals surface area contributed by atoms with Gasteiger partial charge >= 0.3 is 0 Å². The fourth-order valence-corrected chi connectivity index (χ4v) is 1.36. The maximum atomic E-state index is 5.65. The molecule has 0 aliphatic carbocycles. The molecule has 0 fully saturated rings. The zero-order valence-electron chi connectivity index (χ0n) is 10.2. The number of rotatable bonds is 4. The zero-order chi connectivity index (χ0) is 12.3. The molecule has 0 spiro atoms. The molecule has 18 heavy (non-hydrogen) atoms. The Labute approximate surface area is 111 Å². The van der Waals surface area contributed by atoms with Crippen molar-refractivity contribution in [1.29, 1.82) is 0 Å². The van der Waals surface area contributed by atoms with Gasteiger partial charge in [0, 0.05) is 30.3 Å². The van der Waals surface area contributed by atoms with Crippen molar-refractivity contribution in [3.63, 3.8) is 0 Å². The summed E-state index contributed by atoms with van der Waals surface area (Å²) in [5.41, 5.74) is 6.44. The summed E-state index contributed by atoms with van der Waals surface area (Å²) >= 11 is 0. The maximum absolute atomic E-state index is 5.65. The minimum absolute atomic E-state index is 0. The number of hydrogen-bond donors (Lipinski definition) is 1. The molecular formula is C11H15ClN4O2. The van der Waals surface area contributed by atoms with Crippen molar-refractivity contribution in [3.05, 3.63) is 24.2 Å². The van der Waals surface area contributed by atoms with Gasteiger partial charge in [0.1, 0.15) is 0 Å². The number of nitrogens with two attached hydrogens (primary N) is 1. The van der Waals surface area contributed by atoms with Crippen LogP contribution < -0.4 is 10.5 Å². The molecule has 2 rings (SSSR count). The summed E-state index contributed by atoms with van der Waals surface area (Å²) in [4.78, 5) is 8.31. The van der Waals surface area contributed by atoms with Crippen LogP contribution >= 0.6 is 12.4 Å². The normalized spacial score (nSPS) is 11.7. The van der Waals surface area contributed by atoms with E-state index in [0.717, 1.165) is 5.56 Å². The Kier molecular flexibility index (Phi) is 5.06. The second-order valence-corrected chi connectivity index (χ2v) is 3.78. The van der Waals surface area contributed by atoms with E-state index < -0.39 is 0 Å². The second-order valence-electron chi connectivity index (χ2n) is 3.78. The van der Waals surface area contributed by atoms with Gasteiger partial charge < -0.3 is 15.0 Å². The number of pyridine rings is 1. The Morgan fingerprint density at radius 1 is 1.44 bits per heavy atom. The third-order valence-corrected chi connectivity index (χ3v) is 2.17. The van der Waals surface area contributed by atoms with Crippen LogP contribution in [0.5, 0.6) is 5.88 Å². The second kappa shape index (κ2) is 6.32. The number of hydrogen-bond acceptors (Lipinski definition) is 6. The lowest BCUT2D eigenvalue weighted by atomic mass is 10.2. The third kappa shape index (κ3) is 3.41. The Balaban J connectivity index is 0.00000162. The molecule has 6 nitrogen and oxygen atoms in total. The van der Waals surface area contributed by atoms with Crippen LogP contribution in [0.1, 0.15) is 12.8 Å². The van der Waals surface area contributed by atoms with Gasteiger partial charge in [-0.1, -0.05) is 5.16 Å². The molecule has 0 bridgehead atoms. The lowest BCUT2D eigenvalue weighted by Crippen LogP contribution is -2.17. The largest absolute Gasteiger partial charge is 0.481 e. The van der Waals surface area contributed by atoms with Crippen LogP contribution in [0.2, 0.25) is 0 Å². The molecule has 0 saturated carbocycles. The highest BCUT2D eigenvalue weighted by molar-refractivity contribution is 5.85. The SMILES string of the molecule is COc1ccc(-c2noc(CC(C)N)n2)cn1.Cl. The summed E-state index contributed by atoms with van der Waals surface area (Å²) in [6.45, 7) is 1.89. The predicted octanol–water partition coefficient (Wildman–Crippen LogP) is 1.45. The van der Waals surface area contributed by atoms with Crippen LogP contribution in [0.4, 0.5) is 0 Å². The molecule has 0 aromatic carbocycles. The lowest BCUT2D eigenvalue weighted by Gasteiger charge is -1.98. The van der Waals surface area contributed by atoms with E-state index in [1.54, 1.807) is 19.4 Å². The summed E-state index contributed by atoms with van der Waals surface area (Å²) in [6.07, 6.45) is 2.20. The van der Waals surface area contributed by atoms with E-state index in [1.807, 2.05) is 13.0 Å². The fraction of sp³-hybridized carbons (Fsp3) is 0.364. The van der Waals surface area contributed by atoms with Crippen LogP contribution in [0.15, 0.2) is 22.9 Å². The molecule has 2 aromatic rings. The van der Waals surface area contributed by atoms with Crippen molar-refractivity contribution in [1.82, 2.24) is 15.1 Å². The van der Waals surface area contributed by atoms with Gasteiger partial charge in [-0.25, -0.2) is 4.98 Å². The Morgan fingerprint density at radius 2 is 2.22 bits per heavy atom. The van der Waals surface area contributed by atoms with Crippen LogP contribution in [0.25, 0.3) is 11.4 Å². The van der Waals surface area contributed by atoms with Gasteiger partial charge in [0.05, 0.1) is 7.11 Å². The average Bonchev–Trinajstić information content (AvgIpc) is 2.77. The van der Waals surface area contributed by atoms with E-state index >= 15 is 0 Å². The van der Waals surface area contributed by atoms with Crippen molar-refractivity contribution in [2.75, 3.05) is 7.11 Å². The number of methoxy groups -OCH3 is 1. The standard InChI is InChI=1S/C11H14N4O2.ClH/c1-7(12)5-10-14-11(15-17-10)8-3-4-9(16-2)13-6-8;/h3-4,6-7H,5,12H2,1-2H3;1H. The van der Waals surface area contributed by atoms with Crippen molar-refractivity contribution >= 4 is 12.4 Å². The van der Waals surface area contributed by atoms with E-state index in [9.17, 15) is 0 Å². The van der Waals surface area contributed by atoms with Crippen molar-refractivity contribution in [2.24, 2.45) is 5.73 Å². The van der Waals surface area contributed by atoms with Crippen LogP contribution in [0, 0.1) is 0 Å². The predicted molar refractivity (Wildman–Crippen MR) is 68.7 cm³/mol. The monoisotopic (exact) mass is 270 g/mol. The molecular weight excluding hydrogens is 256 g/mol. The highest BCUT2D eigenvalue weighted by Gasteiger charge is 2.10. The van der Waals surface area contributed by atoms with Crippen molar-refractivity contribution < 1.29 is 9.26 Å². The van der Waals surface area contributed by atoms with E-state index in [2.05, 4.69) is 15.1 Å². The van der Waals surface area contributed by atoms with Gasteiger partial charge in [-0.15, -0.1) is 12.4 Å². The summed E-state index contributed by atoms with van der Waals surface area (Å²) in [6, 6.07) is 3.57. The Hall–Kier alpha value is -1.66. The summed E-state index contributed by atoms with van der Waals surface area (Å²) < 4.78 is 10.1. The van der Waals surface area contributed by atoms with Gasteiger partial charge in [0.25, 0.3) is 0 Å². The Bertz CT molecular complexity index is 484. The smallest absolute Gasteiger partial charge is 0.228 e. The number of ether oxygens (including phenoxy) is 1. The molecule has 2 aromatic heterocycles. The molecule has 0 aliphatic rings. The van der Waals surface area contributed by atoms with Crippen molar-refractivity contribution in [3.8, 4) is 17.3 Å². The van der Waals surface area contributed by atoms with Gasteiger partial charge in [0.15, 0.2) is 0 Å². The summed E-state index contributed by atoms with van der Waals surface area (Å²) in [5, 5.41) is 3.87. The number of halogens is 1. The highest BCUT2D eigenvalue weighted by Crippen LogP contribution is 2.17. The fourth-order valence-electron chi connectivity index (χ4n) is 1.36. The summed E-state index contributed by atoms with van der Waals surface area (Å²) in [5.74, 6) is 1.59. The molecule has 1 atom stereocenters. The van der Waals surface area contributed by atoms with E-state index in [0.29, 0.717) is 24.0 Å². The Morgan fingerprint density at radius 3 is 2.78 bits per heavy atom. The first kappa shape index (κ1) is 14.4. The minimum atomic E-state index is -0.00251. The molecule has 0 saturated heterocycles. The average molecular weight is 271 g/mol. The van der Waals surface area contributed by atoms with Gasteiger partial charge in [-0.2, -0.15) is 4.98 Å². The zero-order valence-corrected chi connectivity index (χ0v) is 11.0. The molecule has 2 heterocycles. The molecule has 2 N–H and O–H groups in total. The first-order valence-electron chi connectivity index (χ1n) is 5.27. The molecule has 0 aliphatic heterocycles. The van der Waals surface area contributed by atoms with E-state index in [4.69, 9.17) is 15.0 Å². The molecule has 0 amide bonds. The molecule has 7 heteroatoms. The van der Waals surface area contributed by atoms with Gasteiger partial charge in [-0.05, 0) is 13.0 Å². The first-order valence-corrected chi connectivity index (χ1v) is 5.27. The molecule has 0 radical (unpaired) electrons. The molecule has 98 valence electrons. The highest BCUT2D eigenvalue weighted by atomic mass is 35.5. The maximum Gasteiger partial charge on any atom is 0.228 e. The van der Waals surface area contributed by atoms with Crippen LogP contribution in [0.3, 0.4) is 0 Å². The first-order chi connectivity index (χ1) is 8.19. The topological polar surface area (TPSA) is 87.1 Å².